The van der Waals surface area contributed by atoms with Crippen LogP contribution in [0.3, 0.4) is 0 Å². The van der Waals surface area contributed by atoms with Gasteiger partial charge >= 0.3 is 6.18 Å². The number of benzene rings is 1. The molecule has 24 heavy (non-hydrogen) atoms. The van der Waals surface area contributed by atoms with E-state index in [-0.39, 0.29) is 11.6 Å². The van der Waals surface area contributed by atoms with Crippen molar-refractivity contribution >= 4 is 17.5 Å². The highest BCUT2D eigenvalue weighted by molar-refractivity contribution is 6.00. The number of anilines is 1. The highest BCUT2D eigenvalue weighted by Crippen LogP contribution is 2.34. The van der Waals surface area contributed by atoms with E-state index in [1.807, 2.05) is 0 Å². The molecule has 1 aliphatic rings. The molecule has 0 aliphatic heterocycles. The lowest BCUT2D eigenvalue weighted by molar-refractivity contribution is -0.137. The fourth-order valence-electron chi connectivity index (χ4n) is 3.02. The van der Waals surface area contributed by atoms with Crippen molar-refractivity contribution in [2.75, 3.05) is 5.32 Å². The maximum atomic E-state index is 12.8. The summed E-state index contributed by atoms with van der Waals surface area (Å²) >= 11 is 0. The Morgan fingerprint density at radius 2 is 1.83 bits per heavy atom. The van der Waals surface area contributed by atoms with Crippen molar-refractivity contribution in [3.63, 3.8) is 0 Å². The van der Waals surface area contributed by atoms with Gasteiger partial charge in [0.05, 0.1) is 5.56 Å². The van der Waals surface area contributed by atoms with Gasteiger partial charge in [0.2, 0.25) is 11.8 Å². The van der Waals surface area contributed by atoms with E-state index in [9.17, 15) is 22.8 Å². The monoisotopic (exact) mass is 342 g/mol. The number of hydrogen-bond acceptors (Lipinski definition) is 2. The number of nitrogens with one attached hydrogen (secondary N) is 2. The lowest BCUT2D eigenvalue weighted by Gasteiger charge is -2.38. The molecule has 1 fully saturated rings. The molecule has 2 rings (SSSR count). The second kappa shape index (κ2) is 6.83. The van der Waals surface area contributed by atoms with Crippen molar-refractivity contribution < 1.29 is 22.8 Å². The first kappa shape index (κ1) is 18.3. The number of carbonyl (C=O) groups is 2. The zero-order chi connectivity index (χ0) is 18.0. The minimum atomic E-state index is -4.48. The number of amides is 2. The first-order valence-electron chi connectivity index (χ1n) is 7.90. The number of hydrogen-bond donors (Lipinski definition) is 2. The van der Waals surface area contributed by atoms with Crippen molar-refractivity contribution in [2.24, 2.45) is 5.92 Å². The zero-order valence-electron chi connectivity index (χ0n) is 13.7. The van der Waals surface area contributed by atoms with Gasteiger partial charge in [-0.2, -0.15) is 13.2 Å². The summed E-state index contributed by atoms with van der Waals surface area (Å²) in [7, 11) is 0. The number of halogens is 3. The van der Waals surface area contributed by atoms with Gasteiger partial charge in [0, 0.05) is 12.6 Å². The minimum Gasteiger partial charge on any atom is -0.342 e. The quantitative estimate of drug-likeness (QED) is 0.879. The van der Waals surface area contributed by atoms with Crippen LogP contribution in [0.15, 0.2) is 24.3 Å². The van der Waals surface area contributed by atoms with E-state index >= 15 is 0 Å². The molecular formula is C17H21F3N2O2. The lowest BCUT2D eigenvalue weighted by Crippen LogP contribution is -2.58. The van der Waals surface area contributed by atoms with Crippen LogP contribution in [0.2, 0.25) is 0 Å². The Morgan fingerprint density at radius 1 is 1.21 bits per heavy atom. The molecular weight excluding hydrogens is 321 g/mol. The van der Waals surface area contributed by atoms with Crippen LogP contribution in [0.4, 0.5) is 18.9 Å². The average molecular weight is 342 g/mol. The molecule has 0 radical (unpaired) electrons. The molecule has 132 valence electrons. The van der Waals surface area contributed by atoms with Gasteiger partial charge in [-0.25, -0.2) is 0 Å². The van der Waals surface area contributed by atoms with Crippen LogP contribution in [-0.2, 0) is 15.8 Å². The molecule has 7 heteroatoms. The molecule has 2 N–H and O–H groups in total. The third-order valence-electron chi connectivity index (χ3n) is 4.43. The predicted octanol–water partition coefficient (Wildman–Crippen LogP) is 3.73. The average Bonchev–Trinajstić information content (AvgIpc) is 2.48. The smallest absolute Gasteiger partial charge is 0.342 e. The largest absolute Gasteiger partial charge is 0.416 e. The van der Waals surface area contributed by atoms with Crippen molar-refractivity contribution in [3.8, 4) is 0 Å². The Labute approximate surface area is 138 Å². The molecule has 0 bridgehead atoms. The third-order valence-corrected chi connectivity index (χ3v) is 4.43. The van der Waals surface area contributed by atoms with Crippen molar-refractivity contribution in [1.82, 2.24) is 5.32 Å². The van der Waals surface area contributed by atoms with Gasteiger partial charge in [-0.05, 0) is 49.8 Å². The van der Waals surface area contributed by atoms with Crippen molar-refractivity contribution in [3.05, 3.63) is 29.8 Å². The van der Waals surface area contributed by atoms with Crippen LogP contribution in [0.25, 0.3) is 0 Å². The molecule has 0 spiro atoms. The number of alkyl halides is 3. The summed E-state index contributed by atoms with van der Waals surface area (Å²) in [6, 6.07) is 4.48. The van der Waals surface area contributed by atoms with E-state index in [4.69, 9.17) is 0 Å². The Kier molecular flexibility index (Phi) is 5.20. The van der Waals surface area contributed by atoms with Crippen LogP contribution in [0.1, 0.15) is 45.1 Å². The fraction of sp³-hybridized carbons (Fsp3) is 0.529. The summed E-state index contributed by atoms with van der Waals surface area (Å²) in [5.74, 6) is -0.346. The molecule has 1 aliphatic carbocycles. The molecule has 0 unspecified atom stereocenters. The van der Waals surface area contributed by atoms with Gasteiger partial charge in [0.25, 0.3) is 0 Å². The Bertz CT molecular complexity index is 621. The summed E-state index contributed by atoms with van der Waals surface area (Å²) in [5, 5.41) is 5.24. The first-order valence-corrected chi connectivity index (χ1v) is 7.90. The number of carbonyl (C=O) groups excluding carboxylic acids is 2. The molecule has 0 saturated heterocycles. The predicted molar refractivity (Wildman–Crippen MR) is 84.3 cm³/mol. The Hall–Kier alpha value is -2.05. The van der Waals surface area contributed by atoms with E-state index in [1.54, 1.807) is 0 Å². The normalized spacial score (nSPS) is 24.3. The van der Waals surface area contributed by atoms with Crippen LogP contribution in [-0.4, -0.2) is 17.4 Å². The van der Waals surface area contributed by atoms with E-state index in [0.29, 0.717) is 18.8 Å². The summed E-state index contributed by atoms with van der Waals surface area (Å²) in [6.45, 7) is 3.40. The molecule has 2 amide bonds. The highest BCUT2D eigenvalue weighted by Gasteiger charge is 2.42. The summed E-state index contributed by atoms with van der Waals surface area (Å²) in [4.78, 5) is 24.2. The highest BCUT2D eigenvalue weighted by atomic mass is 19.4. The summed E-state index contributed by atoms with van der Waals surface area (Å²) in [5.41, 5.74) is -1.82. The lowest BCUT2D eigenvalue weighted by atomic mass is 9.76. The van der Waals surface area contributed by atoms with E-state index in [1.165, 1.54) is 19.1 Å². The van der Waals surface area contributed by atoms with E-state index < -0.39 is 23.2 Å². The van der Waals surface area contributed by atoms with Gasteiger partial charge in [0.1, 0.15) is 5.54 Å². The number of rotatable bonds is 3. The van der Waals surface area contributed by atoms with Crippen molar-refractivity contribution in [2.45, 2.75) is 51.2 Å². The molecule has 1 aromatic carbocycles. The maximum Gasteiger partial charge on any atom is 0.416 e. The second-order valence-electron chi connectivity index (χ2n) is 6.48. The molecule has 4 nitrogen and oxygen atoms in total. The standard InChI is InChI=1S/C17H21F3N2O2/c1-11-6-8-16(9-7-11,22-12(2)23)15(24)21-14-5-3-4-13(10-14)17(18,19)20/h3-5,10-11H,6-9H2,1-2H3,(H,21,24)(H,22,23). The second-order valence-corrected chi connectivity index (χ2v) is 6.48. The van der Waals surface area contributed by atoms with Crippen LogP contribution in [0.5, 0.6) is 0 Å². The Morgan fingerprint density at radius 3 is 2.38 bits per heavy atom. The molecule has 0 aromatic heterocycles. The van der Waals surface area contributed by atoms with Crippen molar-refractivity contribution in [1.29, 1.82) is 0 Å². The molecule has 0 atom stereocenters. The van der Waals surface area contributed by atoms with Crippen LogP contribution in [0, 0.1) is 5.92 Å². The molecule has 1 aromatic rings. The van der Waals surface area contributed by atoms with Gasteiger partial charge < -0.3 is 10.6 Å². The zero-order valence-corrected chi connectivity index (χ0v) is 13.7. The molecule has 0 heterocycles. The minimum absolute atomic E-state index is 0.0678. The topological polar surface area (TPSA) is 58.2 Å². The van der Waals surface area contributed by atoms with E-state index in [2.05, 4.69) is 17.6 Å². The van der Waals surface area contributed by atoms with E-state index in [0.717, 1.165) is 25.0 Å². The van der Waals surface area contributed by atoms with Crippen LogP contribution >= 0.6 is 0 Å². The van der Waals surface area contributed by atoms with Gasteiger partial charge in [-0.15, -0.1) is 0 Å². The summed E-state index contributed by atoms with van der Waals surface area (Å²) in [6.07, 6.45) is -1.99. The van der Waals surface area contributed by atoms with Gasteiger partial charge in [-0.1, -0.05) is 13.0 Å². The Balaban J connectivity index is 2.20. The first-order chi connectivity index (χ1) is 11.1. The SMILES string of the molecule is CC(=O)NC1(C(=O)Nc2cccc(C(F)(F)F)c2)CCC(C)CC1. The molecule has 1 saturated carbocycles. The fourth-order valence-corrected chi connectivity index (χ4v) is 3.02. The van der Waals surface area contributed by atoms with Gasteiger partial charge in [-0.3, -0.25) is 9.59 Å². The third kappa shape index (κ3) is 4.27. The summed E-state index contributed by atoms with van der Waals surface area (Å²) < 4.78 is 38.3. The maximum absolute atomic E-state index is 12.8. The van der Waals surface area contributed by atoms with Crippen LogP contribution < -0.4 is 10.6 Å². The van der Waals surface area contributed by atoms with Gasteiger partial charge in [0.15, 0.2) is 0 Å².